The highest BCUT2D eigenvalue weighted by Gasteiger charge is 2.21. The molecule has 0 saturated carbocycles. The zero-order valence-corrected chi connectivity index (χ0v) is 13.3. The van der Waals surface area contributed by atoms with Gasteiger partial charge >= 0.3 is 5.97 Å². The Morgan fingerprint density at radius 1 is 1.37 bits per heavy atom. The lowest BCUT2D eigenvalue weighted by atomic mass is 9.98. The van der Waals surface area contributed by atoms with E-state index in [-0.39, 0.29) is 20.3 Å². The minimum Gasteiger partial charge on any atom is -0.478 e. The molecule has 0 aliphatic heterocycles. The lowest BCUT2D eigenvalue weighted by Crippen LogP contribution is -2.32. The van der Waals surface area contributed by atoms with Crippen molar-refractivity contribution in [1.29, 1.82) is 0 Å². The maximum absolute atomic E-state index is 12.1. The first-order valence-corrected chi connectivity index (χ1v) is 7.83. The fourth-order valence-corrected chi connectivity index (χ4v) is 3.60. The Kier molecular flexibility index (Phi) is 4.76. The topological polar surface area (TPSA) is 83.5 Å². The molecule has 1 aromatic carbocycles. The van der Waals surface area contributed by atoms with Crippen LogP contribution in [0.4, 0.5) is 0 Å². The van der Waals surface area contributed by atoms with E-state index in [1.165, 1.54) is 18.2 Å². The van der Waals surface area contributed by atoms with Crippen LogP contribution in [0.15, 0.2) is 27.6 Å². The third-order valence-corrected chi connectivity index (χ3v) is 4.64. The molecule has 0 saturated heterocycles. The molecule has 0 heterocycles. The van der Waals surface area contributed by atoms with Gasteiger partial charge in [-0.25, -0.2) is 17.9 Å². The van der Waals surface area contributed by atoms with Crippen LogP contribution < -0.4 is 4.72 Å². The molecule has 1 rings (SSSR count). The quantitative estimate of drug-likeness (QED) is 0.874. The summed E-state index contributed by atoms with van der Waals surface area (Å²) >= 11 is 3.09. The summed E-state index contributed by atoms with van der Waals surface area (Å²) in [5.41, 5.74) is -0.151. The van der Waals surface area contributed by atoms with E-state index in [9.17, 15) is 13.2 Å². The van der Waals surface area contributed by atoms with E-state index >= 15 is 0 Å². The molecule has 0 aliphatic carbocycles. The Morgan fingerprint density at radius 2 is 1.95 bits per heavy atom. The van der Waals surface area contributed by atoms with Crippen molar-refractivity contribution in [2.45, 2.75) is 25.7 Å². The van der Waals surface area contributed by atoms with E-state index in [1.807, 2.05) is 20.8 Å². The molecule has 7 heteroatoms. The monoisotopic (exact) mass is 349 g/mol. The van der Waals surface area contributed by atoms with Crippen LogP contribution >= 0.6 is 15.9 Å². The number of aromatic carboxylic acids is 1. The van der Waals surface area contributed by atoms with E-state index in [4.69, 9.17) is 5.11 Å². The van der Waals surface area contributed by atoms with E-state index in [1.54, 1.807) is 0 Å². The van der Waals surface area contributed by atoms with Gasteiger partial charge in [-0.05, 0) is 39.5 Å². The van der Waals surface area contributed by atoms with Gasteiger partial charge in [0.05, 0.1) is 10.5 Å². The summed E-state index contributed by atoms with van der Waals surface area (Å²) in [7, 11) is -3.66. The molecule has 2 N–H and O–H groups in total. The number of benzene rings is 1. The van der Waals surface area contributed by atoms with Gasteiger partial charge in [0.1, 0.15) is 0 Å². The molecule has 0 unspecified atom stereocenters. The van der Waals surface area contributed by atoms with Crippen LogP contribution in [0, 0.1) is 5.41 Å². The summed E-state index contributed by atoms with van der Waals surface area (Å²) in [5, 5.41) is 8.83. The third-order valence-electron chi connectivity index (χ3n) is 2.26. The predicted molar refractivity (Wildman–Crippen MR) is 75.7 cm³/mol. The number of halogens is 1. The largest absolute Gasteiger partial charge is 0.478 e. The summed E-state index contributed by atoms with van der Waals surface area (Å²) in [5.74, 6) is -1.10. The Morgan fingerprint density at radius 3 is 2.37 bits per heavy atom. The first kappa shape index (κ1) is 16.1. The first-order valence-electron chi connectivity index (χ1n) is 5.55. The standard InChI is InChI=1S/C12H16BrNO4S/c1-12(2,3)7-14-19(17,18)10-5-4-8(11(15)16)6-9(10)13/h4-6,14H,7H2,1-3H3,(H,15,16). The SMILES string of the molecule is CC(C)(C)CNS(=O)(=O)c1ccc(C(=O)O)cc1Br. The highest BCUT2D eigenvalue weighted by atomic mass is 79.9. The average molecular weight is 350 g/mol. The van der Waals surface area contributed by atoms with Gasteiger partial charge in [0.15, 0.2) is 0 Å². The first-order chi connectivity index (χ1) is 8.53. The van der Waals surface area contributed by atoms with Gasteiger partial charge in [0.2, 0.25) is 10.0 Å². The zero-order valence-electron chi connectivity index (χ0n) is 10.9. The van der Waals surface area contributed by atoms with Crippen molar-refractivity contribution in [3.63, 3.8) is 0 Å². The summed E-state index contributed by atoms with van der Waals surface area (Å²) in [6.07, 6.45) is 0. The molecule has 5 nitrogen and oxygen atoms in total. The van der Waals surface area contributed by atoms with Gasteiger partial charge in [-0.15, -0.1) is 0 Å². The molecular formula is C12H16BrNO4S. The minimum absolute atomic E-state index is 0.0293. The molecule has 1 aromatic rings. The number of carboxylic acid groups (broad SMARTS) is 1. The second-order valence-electron chi connectivity index (χ2n) is 5.34. The van der Waals surface area contributed by atoms with E-state index in [0.717, 1.165) is 0 Å². The van der Waals surface area contributed by atoms with Gasteiger partial charge in [-0.3, -0.25) is 0 Å². The molecule has 0 bridgehead atoms. The van der Waals surface area contributed by atoms with Crippen molar-refractivity contribution >= 4 is 31.9 Å². The molecule has 0 fully saturated rings. The Bertz CT molecular complexity index is 590. The zero-order chi connectivity index (χ0) is 14.8. The number of hydrogen-bond donors (Lipinski definition) is 2. The van der Waals surface area contributed by atoms with Gasteiger partial charge < -0.3 is 5.11 Å². The predicted octanol–water partition coefficient (Wildman–Crippen LogP) is 2.47. The third kappa shape index (κ3) is 4.59. The Hall–Kier alpha value is -0.920. The van der Waals surface area contributed by atoms with Crippen molar-refractivity contribution in [2.75, 3.05) is 6.54 Å². The number of carboxylic acids is 1. The Labute approximate surface area is 121 Å². The Balaban J connectivity index is 3.06. The fraction of sp³-hybridized carbons (Fsp3) is 0.417. The smallest absolute Gasteiger partial charge is 0.335 e. The highest BCUT2D eigenvalue weighted by Crippen LogP contribution is 2.24. The molecule has 0 spiro atoms. The lowest BCUT2D eigenvalue weighted by molar-refractivity contribution is 0.0696. The molecule has 0 aromatic heterocycles. The van der Waals surface area contributed by atoms with Crippen molar-refractivity contribution in [3.05, 3.63) is 28.2 Å². The maximum atomic E-state index is 12.1. The average Bonchev–Trinajstić information content (AvgIpc) is 2.25. The van der Waals surface area contributed by atoms with Crippen LogP contribution in [-0.2, 0) is 10.0 Å². The van der Waals surface area contributed by atoms with Crippen molar-refractivity contribution < 1.29 is 18.3 Å². The normalized spacial score (nSPS) is 12.4. The van der Waals surface area contributed by atoms with Crippen molar-refractivity contribution in [1.82, 2.24) is 4.72 Å². The van der Waals surface area contributed by atoms with Crippen LogP contribution in [0.2, 0.25) is 0 Å². The number of carbonyl (C=O) groups is 1. The minimum atomic E-state index is -3.66. The molecule has 0 aliphatic rings. The molecule has 0 radical (unpaired) electrons. The number of sulfonamides is 1. The van der Waals surface area contributed by atoms with E-state index in [0.29, 0.717) is 6.54 Å². The second kappa shape index (κ2) is 5.60. The summed E-state index contributed by atoms with van der Waals surface area (Å²) in [6.45, 7) is 6.04. The second-order valence-corrected chi connectivity index (χ2v) is 7.93. The van der Waals surface area contributed by atoms with Crippen LogP contribution in [0.3, 0.4) is 0 Å². The fourth-order valence-electron chi connectivity index (χ4n) is 1.24. The molecule has 106 valence electrons. The van der Waals surface area contributed by atoms with Gasteiger partial charge in [-0.2, -0.15) is 0 Å². The summed E-state index contributed by atoms with van der Waals surface area (Å²) in [6, 6.07) is 3.81. The highest BCUT2D eigenvalue weighted by molar-refractivity contribution is 9.10. The number of nitrogens with one attached hydrogen (secondary N) is 1. The molecular weight excluding hydrogens is 334 g/mol. The van der Waals surface area contributed by atoms with E-state index < -0.39 is 16.0 Å². The van der Waals surface area contributed by atoms with Gasteiger partial charge in [0.25, 0.3) is 0 Å². The van der Waals surface area contributed by atoms with E-state index in [2.05, 4.69) is 20.7 Å². The lowest BCUT2D eigenvalue weighted by Gasteiger charge is -2.19. The van der Waals surface area contributed by atoms with Gasteiger partial charge in [0, 0.05) is 11.0 Å². The molecule has 19 heavy (non-hydrogen) atoms. The van der Waals surface area contributed by atoms with Crippen molar-refractivity contribution in [3.8, 4) is 0 Å². The molecule has 0 amide bonds. The van der Waals surface area contributed by atoms with Crippen LogP contribution in [0.1, 0.15) is 31.1 Å². The van der Waals surface area contributed by atoms with Gasteiger partial charge in [-0.1, -0.05) is 20.8 Å². The summed E-state index contributed by atoms with van der Waals surface area (Å²) in [4.78, 5) is 10.8. The van der Waals surface area contributed by atoms with Crippen LogP contribution in [0.25, 0.3) is 0 Å². The number of rotatable bonds is 4. The summed E-state index contributed by atoms with van der Waals surface area (Å²) < 4.78 is 26.9. The maximum Gasteiger partial charge on any atom is 0.335 e. The van der Waals surface area contributed by atoms with Crippen LogP contribution in [-0.4, -0.2) is 26.0 Å². The molecule has 0 atom stereocenters. The van der Waals surface area contributed by atoms with Crippen molar-refractivity contribution in [2.24, 2.45) is 5.41 Å². The van der Waals surface area contributed by atoms with Crippen LogP contribution in [0.5, 0.6) is 0 Å². The number of hydrogen-bond acceptors (Lipinski definition) is 3.